The number of nitrogens with one attached hydrogen (secondary N) is 3. The Kier molecular flexibility index (Phi) is 10.9. The van der Waals surface area contributed by atoms with E-state index in [0.29, 0.717) is 36.4 Å². The molecule has 6 rings (SSSR count). The summed E-state index contributed by atoms with van der Waals surface area (Å²) in [6, 6.07) is 4.91. The summed E-state index contributed by atoms with van der Waals surface area (Å²) in [5, 5.41) is 5.37. The van der Waals surface area contributed by atoms with E-state index in [1.165, 1.54) is 4.90 Å². The molecule has 2 aliphatic carbocycles. The van der Waals surface area contributed by atoms with Crippen LogP contribution < -0.4 is 15.4 Å². The molecule has 12 nitrogen and oxygen atoms in total. The summed E-state index contributed by atoms with van der Waals surface area (Å²) in [5.74, 6) is -3.97. The van der Waals surface area contributed by atoms with Gasteiger partial charge < -0.3 is 20.3 Å². The predicted molar refractivity (Wildman–Crippen MR) is 193 cm³/mol. The molecule has 2 heterocycles. The van der Waals surface area contributed by atoms with Gasteiger partial charge in [-0.3, -0.25) is 24.0 Å². The number of hydrogen-bond donors (Lipinski definition) is 3. The van der Waals surface area contributed by atoms with Gasteiger partial charge in [-0.2, -0.15) is 13.2 Å². The van der Waals surface area contributed by atoms with E-state index in [4.69, 9.17) is 16.3 Å². The van der Waals surface area contributed by atoms with Crippen molar-refractivity contribution in [1.82, 2.24) is 19.8 Å². The SMILES string of the molecule is CC1CCC(NC(=O)[C@@H]2C[C@@H](OC(=O)N3Cc4cccc(Cl)c4C3)CN2C(=O)[C@@H](Nc2ccc(F)c(C(F)(F)F)c2)C(C)(C)C)(C(=O)NS(=O)(=O)C2CC2)C1. The molecule has 55 heavy (non-hydrogen) atoms. The third kappa shape index (κ3) is 8.66. The first-order valence-corrected chi connectivity index (χ1v) is 20.0. The molecule has 0 bridgehead atoms. The van der Waals surface area contributed by atoms with E-state index >= 15 is 0 Å². The molecule has 1 saturated heterocycles. The van der Waals surface area contributed by atoms with Gasteiger partial charge in [0.25, 0.3) is 5.91 Å². The molecule has 4 amide bonds. The molecule has 0 aromatic heterocycles. The van der Waals surface area contributed by atoms with Crippen LogP contribution >= 0.6 is 11.6 Å². The number of sulfonamides is 1. The van der Waals surface area contributed by atoms with Gasteiger partial charge in [-0.25, -0.2) is 17.6 Å². The van der Waals surface area contributed by atoms with Crippen LogP contribution in [-0.2, 0) is 48.4 Å². The number of ether oxygens (including phenoxy) is 1. The van der Waals surface area contributed by atoms with Gasteiger partial charge in [0.05, 0.1) is 23.9 Å². The molecule has 4 aliphatic rings. The van der Waals surface area contributed by atoms with Crippen molar-refractivity contribution in [3.05, 3.63) is 63.9 Å². The van der Waals surface area contributed by atoms with Crippen molar-refractivity contribution in [3.8, 4) is 0 Å². The molecule has 2 aliphatic heterocycles. The molecule has 18 heteroatoms. The minimum absolute atomic E-state index is 0.0606. The first-order valence-electron chi connectivity index (χ1n) is 18.1. The van der Waals surface area contributed by atoms with Gasteiger partial charge in [-0.15, -0.1) is 0 Å². The lowest BCUT2D eigenvalue weighted by Gasteiger charge is -2.37. The number of anilines is 1. The van der Waals surface area contributed by atoms with Gasteiger partial charge in [0.15, 0.2) is 0 Å². The molecule has 0 spiro atoms. The monoisotopic (exact) mass is 813 g/mol. The van der Waals surface area contributed by atoms with Crippen LogP contribution in [0.1, 0.15) is 82.9 Å². The molecule has 3 fully saturated rings. The maximum Gasteiger partial charge on any atom is 0.419 e. The highest BCUT2D eigenvalue weighted by atomic mass is 35.5. The summed E-state index contributed by atoms with van der Waals surface area (Å²) in [4.78, 5) is 58.6. The van der Waals surface area contributed by atoms with Gasteiger partial charge in [-0.1, -0.05) is 51.4 Å². The number of carbonyl (C=O) groups excluding carboxylic acids is 4. The van der Waals surface area contributed by atoms with Crippen LogP contribution in [0.4, 0.5) is 28.0 Å². The summed E-state index contributed by atoms with van der Waals surface area (Å²) in [6.07, 6.45) is -5.41. The van der Waals surface area contributed by atoms with Crippen molar-refractivity contribution in [3.63, 3.8) is 0 Å². The van der Waals surface area contributed by atoms with Gasteiger partial charge in [-0.05, 0) is 78.8 Å². The molecule has 2 saturated carbocycles. The average Bonchev–Trinajstić information content (AvgIpc) is 3.56. The third-order valence-corrected chi connectivity index (χ3v) is 12.9. The Morgan fingerprint density at radius 1 is 1.04 bits per heavy atom. The first-order chi connectivity index (χ1) is 25.6. The largest absolute Gasteiger partial charge is 0.444 e. The Balaban J connectivity index is 1.28. The molecule has 3 N–H and O–H groups in total. The molecule has 2 aromatic rings. The number of nitrogens with zero attached hydrogens (tertiary/aromatic N) is 2. The van der Waals surface area contributed by atoms with Crippen LogP contribution in [0.5, 0.6) is 0 Å². The standard InChI is InChI=1S/C37H44ClF4N5O7S/c1-20-12-13-36(16-20,33(50)45-55(52,53)24-9-10-24)44-31(48)29-15-23(54-34(51)46-17-21-6-5-7-27(38)25(21)19-46)18-47(29)32(49)30(35(2,3)4)43-22-8-11-28(39)26(14-22)37(40,41)42/h5-8,11,14,20,23-24,29-30,43H,9-10,12-13,15-19H2,1-4H3,(H,44,48)(H,45,50)/t20?,23-,29+,30-,36?/m1/s1. The normalized spacial score (nSPS) is 24.6. The lowest BCUT2D eigenvalue weighted by molar-refractivity contribution is -0.142. The van der Waals surface area contributed by atoms with Crippen molar-refractivity contribution in [2.24, 2.45) is 11.3 Å². The maximum absolute atomic E-state index is 14.6. The smallest absolute Gasteiger partial charge is 0.419 e. The second-order valence-corrected chi connectivity index (χ2v) is 18.6. The minimum atomic E-state index is -5.02. The Morgan fingerprint density at radius 3 is 2.35 bits per heavy atom. The van der Waals surface area contributed by atoms with Gasteiger partial charge in [0.1, 0.15) is 29.5 Å². The van der Waals surface area contributed by atoms with E-state index in [-0.39, 0.29) is 50.5 Å². The third-order valence-electron chi connectivity index (χ3n) is 10.8. The van der Waals surface area contributed by atoms with Crippen LogP contribution in [-0.4, -0.2) is 77.6 Å². The first kappa shape index (κ1) is 40.5. The van der Waals surface area contributed by atoms with E-state index in [2.05, 4.69) is 15.4 Å². The molecule has 2 aromatic carbocycles. The van der Waals surface area contributed by atoms with E-state index in [1.54, 1.807) is 32.9 Å². The summed E-state index contributed by atoms with van der Waals surface area (Å²) < 4.78 is 88.6. The minimum Gasteiger partial charge on any atom is -0.444 e. The lowest BCUT2D eigenvalue weighted by Crippen LogP contribution is -2.62. The van der Waals surface area contributed by atoms with Crippen molar-refractivity contribution >= 4 is 51.1 Å². The summed E-state index contributed by atoms with van der Waals surface area (Å²) in [5.41, 5.74) is -2.77. The number of rotatable bonds is 9. The quantitative estimate of drug-likeness (QED) is 0.272. The van der Waals surface area contributed by atoms with Crippen LogP contribution in [0, 0.1) is 17.2 Å². The highest BCUT2D eigenvalue weighted by molar-refractivity contribution is 7.91. The number of amides is 4. The molecular weight excluding hydrogens is 770 g/mol. The Hall–Kier alpha value is -4.12. The Bertz CT molecular complexity index is 1990. The fourth-order valence-electron chi connectivity index (χ4n) is 7.59. The van der Waals surface area contributed by atoms with Crippen molar-refractivity contribution in [2.45, 2.75) is 114 Å². The number of alkyl halides is 3. The molecule has 5 atom stereocenters. The molecular formula is C37H44ClF4N5O7S. The fourth-order valence-corrected chi connectivity index (χ4v) is 9.22. The topological polar surface area (TPSA) is 154 Å². The highest BCUT2D eigenvalue weighted by Gasteiger charge is 2.52. The van der Waals surface area contributed by atoms with E-state index in [0.717, 1.165) is 22.1 Å². The number of fused-ring (bicyclic) bond motifs is 1. The van der Waals surface area contributed by atoms with Gasteiger partial charge in [0.2, 0.25) is 21.8 Å². The maximum atomic E-state index is 14.6. The van der Waals surface area contributed by atoms with Gasteiger partial charge in [0, 0.05) is 23.7 Å². The van der Waals surface area contributed by atoms with Crippen LogP contribution in [0.2, 0.25) is 5.02 Å². The summed E-state index contributed by atoms with van der Waals surface area (Å²) in [6.45, 7) is 6.89. The number of halogens is 5. The van der Waals surface area contributed by atoms with Crippen molar-refractivity contribution in [1.29, 1.82) is 0 Å². The zero-order valence-corrected chi connectivity index (χ0v) is 32.3. The van der Waals surface area contributed by atoms with E-state index in [9.17, 15) is 45.2 Å². The number of benzene rings is 2. The highest BCUT2D eigenvalue weighted by Crippen LogP contribution is 2.38. The van der Waals surface area contributed by atoms with Crippen LogP contribution in [0.25, 0.3) is 0 Å². The summed E-state index contributed by atoms with van der Waals surface area (Å²) in [7, 11) is -3.97. The Labute approximate surface area is 321 Å². The predicted octanol–water partition coefficient (Wildman–Crippen LogP) is 5.73. The zero-order valence-electron chi connectivity index (χ0n) is 30.8. The van der Waals surface area contributed by atoms with Gasteiger partial charge >= 0.3 is 12.3 Å². The number of carbonyl (C=O) groups is 4. The van der Waals surface area contributed by atoms with Crippen LogP contribution in [0.3, 0.4) is 0 Å². The van der Waals surface area contributed by atoms with Crippen LogP contribution in [0.15, 0.2) is 36.4 Å². The molecule has 2 unspecified atom stereocenters. The molecule has 300 valence electrons. The van der Waals surface area contributed by atoms with E-state index < -0.39 is 85.8 Å². The fraction of sp³-hybridized carbons (Fsp3) is 0.568. The van der Waals surface area contributed by atoms with Crippen molar-refractivity contribution < 1.29 is 49.9 Å². The average molecular weight is 814 g/mol. The second kappa shape index (κ2) is 14.8. The second-order valence-electron chi connectivity index (χ2n) is 16.2. The summed E-state index contributed by atoms with van der Waals surface area (Å²) >= 11 is 6.34. The number of hydrogen-bond acceptors (Lipinski definition) is 8. The van der Waals surface area contributed by atoms with Crippen molar-refractivity contribution in [2.75, 3.05) is 11.9 Å². The number of likely N-dealkylation sites (tertiary alicyclic amines) is 1. The molecule has 0 radical (unpaired) electrons. The lowest BCUT2D eigenvalue weighted by atomic mass is 9.85. The zero-order chi connectivity index (χ0) is 40.2. The Morgan fingerprint density at radius 2 is 1.75 bits per heavy atom. The van der Waals surface area contributed by atoms with E-state index in [1.807, 2.05) is 13.0 Å².